The van der Waals surface area contributed by atoms with Crippen LogP contribution in [-0.2, 0) is 13.0 Å². The van der Waals surface area contributed by atoms with Gasteiger partial charge in [-0.05, 0) is 25.2 Å². The molecule has 1 saturated carbocycles. The normalized spacial score (nSPS) is 16.1. The first kappa shape index (κ1) is 11.3. The summed E-state index contributed by atoms with van der Waals surface area (Å²) in [6.45, 7) is 2.85. The zero-order valence-corrected chi connectivity index (χ0v) is 10.3. The van der Waals surface area contributed by atoms with Crippen LogP contribution in [0.4, 0.5) is 0 Å². The fourth-order valence-corrected chi connectivity index (χ4v) is 2.52. The van der Waals surface area contributed by atoms with Gasteiger partial charge in [0, 0.05) is 6.54 Å². The second-order valence-corrected chi connectivity index (χ2v) is 4.91. The predicted octanol–water partition coefficient (Wildman–Crippen LogP) is 0.775. The van der Waals surface area contributed by atoms with E-state index < -0.39 is 11.2 Å². The number of H-pyrrole nitrogens is 2. The highest BCUT2D eigenvalue weighted by Crippen LogP contribution is 2.28. The van der Waals surface area contributed by atoms with Crippen molar-refractivity contribution < 1.29 is 0 Å². The Hall–Kier alpha value is -1.85. The number of aromatic nitrogens is 4. The van der Waals surface area contributed by atoms with Crippen LogP contribution in [0.3, 0.4) is 0 Å². The Morgan fingerprint density at radius 1 is 1.33 bits per heavy atom. The van der Waals surface area contributed by atoms with Gasteiger partial charge in [0.05, 0.1) is 11.2 Å². The highest BCUT2D eigenvalue weighted by molar-refractivity contribution is 5.75. The van der Waals surface area contributed by atoms with Gasteiger partial charge in [0.15, 0.2) is 5.52 Å². The first-order chi connectivity index (χ1) is 8.69. The largest absolute Gasteiger partial charge is 0.326 e. The van der Waals surface area contributed by atoms with Gasteiger partial charge in [-0.1, -0.05) is 13.3 Å². The third-order valence-electron chi connectivity index (χ3n) is 3.73. The quantitative estimate of drug-likeness (QED) is 0.841. The summed E-state index contributed by atoms with van der Waals surface area (Å²) in [6, 6.07) is 0. The van der Waals surface area contributed by atoms with E-state index in [9.17, 15) is 9.59 Å². The smallest absolute Gasteiger partial charge is 0.304 e. The van der Waals surface area contributed by atoms with Crippen molar-refractivity contribution in [2.24, 2.45) is 5.92 Å². The maximum absolute atomic E-state index is 11.7. The van der Waals surface area contributed by atoms with Gasteiger partial charge in [0.2, 0.25) is 0 Å². The number of rotatable bonds is 3. The first-order valence-electron chi connectivity index (χ1n) is 6.41. The van der Waals surface area contributed by atoms with Gasteiger partial charge in [-0.25, -0.2) is 4.79 Å². The van der Waals surface area contributed by atoms with Crippen molar-refractivity contribution >= 4 is 11.0 Å². The van der Waals surface area contributed by atoms with Crippen LogP contribution in [0.15, 0.2) is 9.59 Å². The summed E-state index contributed by atoms with van der Waals surface area (Å²) < 4.78 is 1.89. The Morgan fingerprint density at radius 2 is 2.11 bits per heavy atom. The predicted molar refractivity (Wildman–Crippen MR) is 67.7 cm³/mol. The molecule has 1 fully saturated rings. The van der Waals surface area contributed by atoms with E-state index in [4.69, 9.17) is 0 Å². The standard InChI is InChI=1S/C12H16N4O2/c1-2-8-9-10(11(17)14-12(18)13-9)15-16(8)6-7-4-3-5-7/h7H,2-6H2,1H3,(H2,13,14,17,18). The molecule has 0 bridgehead atoms. The average molecular weight is 248 g/mol. The number of aryl methyl sites for hydroxylation is 1. The molecule has 0 unspecified atom stereocenters. The Kier molecular flexibility index (Phi) is 2.57. The number of hydrogen-bond acceptors (Lipinski definition) is 3. The van der Waals surface area contributed by atoms with E-state index in [2.05, 4.69) is 15.1 Å². The molecular weight excluding hydrogens is 232 g/mol. The van der Waals surface area contributed by atoms with E-state index in [1.807, 2.05) is 11.6 Å². The van der Waals surface area contributed by atoms with Gasteiger partial charge in [-0.15, -0.1) is 0 Å². The molecule has 2 heterocycles. The molecule has 2 aromatic rings. The monoisotopic (exact) mass is 248 g/mol. The van der Waals surface area contributed by atoms with Crippen LogP contribution in [0.5, 0.6) is 0 Å². The number of nitrogens with one attached hydrogen (secondary N) is 2. The third kappa shape index (κ3) is 1.68. The molecule has 0 aromatic carbocycles. The summed E-state index contributed by atoms with van der Waals surface area (Å²) in [7, 11) is 0. The van der Waals surface area contributed by atoms with Gasteiger partial charge < -0.3 is 4.98 Å². The van der Waals surface area contributed by atoms with E-state index >= 15 is 0 Å². The Balaban J connectivity index is 2.16. The Bertz CT molecular complexity index is 690. The van der Waals surface area contributed by atoms with Crippen molar-refractivity contribution in [3.05, 3.63) is 26.5 Å². The lowest BCUT2D eigenvalue weighted by Gasteiger charge is -2.25. The molecule has 18 heavy (non-hydrogen) atoms. The maximum Gasteiger partial charge on any atom is 0.326 e. The molecule has 2 N–H and O–H groups in total. The molecule has 0 atom stereocenters. The maximum atomic E-state index is 11.7. The van der Waals surface area contributed by atoms with Crippen LogP contribution in [0, 0.1) is 5.92 Å². The number of fused-ring (bicyclic) bond motifs is 1. The van der Waals surface area contributed by atoms with Crippen molar-refractivity contribution in [1.29, 1.82) is 0 Å². The molecule has 96 valence electrons. The fraction of sp³-hybridized carbons (Fsp3) is 0.583. The highest BCUT2D eigenvalue weighted by atomic mass is 16.2. The number of hydrogen-bond donors (Lipinski definition) is 2. The lowest BCUT2D eigenvalue weighted by atomic mass is 9.85. The molecule has 0 aliphatic heterocycles. The van der Waals surface area contributed by atoms with E-state index in [1.54, 1.807) is 0 Å². The van der Waals surface area contributed by atoms with Crippen LogP contribution in [0.2, 0.25) is 0 Å². The van der Waals surface area contributed by atoms with Gasteiger partial charge in [0.25, 0.3) is 5.56 Å². The average Bonchev–Trinajstić information content (AvgIpc) is 2.61. The van der Waals surface area contributed by atoms with Crippen LogP contribution in [0.1, 0.15) is 31.9 Å². The summed E-state index contributed by atoms with van der Waals surface area (Å²) >= 11 is 0. The van der Waals surface area contributed by atoms with Gasteiger partial charge in [-0.2, -0.15) is 5.10 Å². The summed E-state index contributed by atoms with van der Waals surface area (Å²) in [5.74, 6) is 0.662. The van der Waals surface area contributed by atoms with Crippen molar-refractivity contribution in [3.8, 4) is 0 Å². The topological polar surface area (TPSA) is 83.5 Å². The molecule has 0 radical (unpaired) electrons. The van der Waals surface area contributed by atoms with Crippen molar-refractivity contribution in [2.75, 3.05) is 0 Å². The molecule has 0 saturated heterocycles. The fourth-order valence-electron chi connectivity index (χ4n) is 2.52. The minimum absolute atomic E-state index is 0.339. The van der Waals surface area contributed by atoms with E-state index in [0.29, 0.717) is 17.0 Å². The Morgan fingerprint density at radius 3 is 2.72 bits per heavy atom. The summed E-state index contributed by atoms with van der Waals surface area (Å²) in [5, 5.41) is 4.35. The molecule has 2 aromatic heterocycles. The van der Waals surface area contributed by atoms with Crippen LogP contribution < -0.4 is 11.2 Å². The zero-order valence-electron chi connectivity index (χ0n) is 10.3. The highest BCUT2D eigenvalue weighted by Gasteiger charge is 2.21. The summed E-state index contributed by atoms with van der Waals surface area (Å²) in [4.78, 5) is 27.9. The lowest BCUT2D eigenvalue weighted by molar-refractivity contribution is 0.264. The Labute approximate surface area is 103 Å². The molecular formula is C12H16N4O2. The molecule has 6 heteroatoms. The minimum atomic E-state index is -0.467. The number of aromatic amines is 2. The van der Waals surface area contributed by atoms with Gasteiger partial charge >= 0.3 is 5.69 Å². The molecule has 0 spiro atoms. The zero-order chi connectivity index (χ0) is 12.7. The van der Waals surface area contributed by atoms with E-state index in [0.717, 1.165) is 18.7 Å². The lowest BCUT2D eigenvalue weighted by Crippen LogP contribution is -2.21. The van der Waals surface area contributed by atoms with Crippen molar-refractivity contribution in [1.82, 2.24) is 19.7 Å². The third-order valence-corrected chi connectivity index (χ3v) is 3.73. The molecule has 0 amide bonds. The summed E-state index contributed by atoms with van der Waals surface area (Å²) in [5.41, 5.74) is 0.998. The van der Waals surface area contributed by atoms with E-state index in [1.165, 1.54) is 19.3 Å². The number of nitrogens with zero attached hydrogens (tertiary/aromatic N) is 2. The molecule has 1 aliphatic rings. The molecule has 3 rings (SSSR count). The van der Waals surface area contributed by atoms with Gasteiger partial charge in [0.1, 0.15) is 0 Å². The SMILES string of the molecule is CCc1c2[nH]c(=O)[nH]c(=O)c2nn1CC1CCC1. The van der Waals surface area contributed by atoms with Crippen LogP contribution in [0.25, 0.3) is 11.0 Å². The van der Waals surface area contributed by atoms with Gasteiger partial charge in [-0.3, -0.25) is 14.5 Å². The summed E-state index contributed by atoms with van der Waals surface area (Å²) in [6.07, 6.45) is 4.49. The van der Waals surface area contributed by atoms with E-state index in [-0.39, 0.29) is 0 Å². The molecule has 6 nitrogen and oxygen atoms in total. The second kappa shape index (κ2) is 4.12. The van der Waals surface area contributed by atoms with Crippen molar-refractivity contribution in [2.45, 2.75) is 39.2 Å². The first-order valence-corrected chi connectivity index (χ1v) is 6.41. The van der Waals surface area contributed by atoms with Crippen molar-refractivity contribution in [3.63, 3.8) is 0 Å². The van der Waals surface area contributed by atoms with Crippen LogP contribution in [-0.4, -0.2) is 19.7 Å². The second-order valence-electron chi connectivity index (χ2n) is 4.91. The molecule has 1 aliphatic carbocycles. The minimum Gasteiger partial charge on any atom is -0.304 e. The van der Waals surface area contributed by atoms with Crippen LogP contribution >= 0.6 is 0 Å².